The van der Waals surface area contributed by atoms with Crippen LogP contribution in [0.4, 0.5) is 4.79 Å². The summed E-state index contributed by atoms with van der Waals surface area (Å²) in [5, 5.41) is 5.08. The van der Waals surface area contributed by atoms with E-state index in [1.807, 2.05) is 28.0 Å². The molecule has 1 aromatic rings. The van der Waals surface area contributed by atoms with Gasteiger partial charge in [-0.05, 0) is 11.6 Å². The number of hydrogen-bond donors (Lipinski definition) is 2. The zero-order valence-corrected chi connectivity index (χ0v) is 15.6. The molecule has 1 atom stereocenters. The van der Waals surface area contributed by atoms with Gasteiger partial charge in [0.2, 0.25) is 5.91 Å². The van der Waals surface area contributed by atoms with E-state index < -0.39 is 12.1 Å². The topological polar surface area (TPSA) is 91.0 Å². The minimum atomic E-state index is -0.587. The number of ether oxygens (including phenoxy) is 1. The molecular weight excluding hydrogens is 360 g/mol. The van der Waals surface area contributed by atoms with Gasteiger partial charge in [-0.1, -0.05) is 29.8 Å². The first kappa shape index (κ1) is 20.2. The molecule has 0 bridgehead atoms. The molecule has 9 heteroatoms. The molecular formula is C17H23ClN4O4. The average Bonchev–Trinajstić information content (AvgIpc) is 2.64. The first-order valence-corrected chi connectivity index (χ1v) is 8.64. The van der Waals surface area contributed by atoms with E-state index >= 15 is 0 Å². The van der Waals surface area contributed by atoms with Crippen LogP contribution in [-0.4, -0.2) is 74.6 Å². The Morgan fingerprint density at radius 2 is 1.85 bits per heavy atom. The molecule has 0 spiro atoms. The fourth-order valence-electron chi connectivity index (χ4n) is 2.89. The summed E-state index contributed by atoms with van der Waals surface area (Å²) in [6.07, 6.45) is 0. The Labute approximate surface area is 157 Å². The predicted molar refractivity (Wildman–Crippen MR) is 96.8 cm³/mol. The molecule has 0 aliphatic carbocycles. The van der Waals surface area contributed by atoms with Gasteiger partial charge in [-0.3, -0.25) is 19.9 Å². The molecule has 0 aromatic heterocycles. The number of urea groups is 1. The van der Waals surface area contributed by atoms with Crippen LogP contribution in [0.15, 0.2) is 24.3 Å². The van der Waals surface area contributed by atoms with Crippen LogP contribution >= 0.6 is 11.6 Å². The van der Waals surface area contributed by atoms with Crippen molar-refractivity contribution >= 4 is 29.5 Å². The highest BCUT2D eigenvalue weighted by molar-refractivity contribution is 6.31. The number of halogens is 1. The number of hydrogen-bond acceptors (Lipinski definition) is 6. The standard InChI is InChI=1S/C17H23ClN4O4/c1-19-17(25)20-14(23)11-21-7-9-22(10-8-21)15(16(24)26-2)12-5-3-4-6-13(12)18/h3-6,15H,7-11H2,1-2H3,(H2,19,20,23,25)/t15-/m1/s1. The fraction of sp³-hybridized carbons (Fsp3) is 0.471. The van der Waals surface area contributed by atoms with E-state index in [1.165, 1.54) is 14.2 Å². The molecule has 1 heterocycles. The zero-order valence-electron chi connectivity index (χ0n) is 14.8. The Balaban J connectivity index is 1.99. The van der Waals surface area contributed by atoms with Gasteiger partial charge in [-0.15, -0.1) is 0 Å². The summed E-state index contributed by atoms with van der Waals surface area (Å²) >= 11 is 6.26. The average molecular weight is 383 g/mol. The van der Waals surface area contributed by atoms with Crippen LogP contribution in [0.25, 0.3) is 0 Å². The van der Waals surface area contributed by atoms with Crippen LogP contribution in [-0.2, 0) is 14.3 Å². The van der Waals surface area contributed by atoms with Gasteiger partial charge >= 0.3 is 12.0 Å². The molecule has 3 amide bonds. The van der Waals surface area contributed by atoms with E-state index in [0.717, 1.165) is 0 Å². The molecule has 2 N–H and O–H groups in total. The first-order chi connectivity index (χ1) is 12.5. The van der Waals surface area contributed by atoms with Gasteiger partial charge in [0.15, 0.2) is 0 Å². The highest BCUT2D eigenvalue weighted by Crippen LogP contribution is 2.29. The van der Waals surface area contributed by atoms with Crippen LogP contribution < -0.4 is 10.6 Å². The minimum Gasteiger partial charge on any atom is -0.468 e. The molecule has 1 saturated heterocycles. The number of rotatable bonds is 5. The highest BCUT2D eigenvalue weighted by atomic mass is 35.5. The lowest BCUT2D eigenvalue weighted by molar-refractivity contribution is -0.148. The molecule has 1 fully saturated rings. The fourth-order valence-corrected chi connectivity index (χ4v) is 3.13. The summed E-state index contributed by atoms with van der Waals surface area (Å²) in [6.45, 7) is 2.42. The van der Waals surface area contributed by atoms with E-state index in [4.69, 9.17) is 16.3 Å². The van der Waals surface area contributed by atoms with Gasteiger partial charge in [-0.2, -0.15) is 0 Å². The van der Waals surface area contributed by atoms with Crippen LogP contribution in [0.1, 0.15) is 11.6 Å². The largest absolute Gasteiger partial charge is 0.468 e. The molecule has 2 rings (SSSR count). The van der Waals surface area contributed by atoms with Crippen LogP contribution in [0.5, 0.6) is 0 Å². The Morgan fingerprint density at radius 3 is 2.42 bits per heavy atom. The second kappa shape index (κ2) is 9.51. The smallest absolute Gasteiger partial charge is 0.327 e. The number of carbonyl (C=O) groups is 3. The molecule has 1 aromatic carbocycles. The van der Waals surface area contributed by atoms with Crippen LogP contribution in [0, 0.1) is 0 Å². The third-order valence-electron chi connectivity index (χ3n) is 4.24. The summed E-state index contributed by atoms with van der Waals surface area (Å²) in [4.78, 5) is 39.2. The lowest BCUT2D eigenvalue weighted by Gasteiger charge is -2.38. The maximum atomic E-state index is 12.3. The maximum absolute atomic E-state index is 12.3. The highest BCUT2D eigenvalue weighted by Gasteiger charge is 2.32. The van der Waals surface area contributed by atoms with Gasteiger partial charge in [0, 0.05) is 38.2 Å². The monoisotopic (exact) mass is 382 g/mol. The van der Waals surface area contributed by atoms with Crippen molar-refractivity contribution in [3.05, 3.63) is 34.9 Å². The van der Waals surface area contributed by atoms with Crippen LogP contribution in [0.3, 0.4) is 0 Å². The Hall–Kier alpha value is -2.16. The number of piperazine rings is 1. The van der Waals surface area contributed by atoms with Crippen molar-refractivity contribution in [3.8, 4) is 0 Å². The van der Waals surface area contributed by atoms with Gasteiger partial charge in [0.05, 0.1) is 13.7 Å². The summed E-state index contributed by atoms with van der Waals surface area (Å²) in [6, 6.07) is 6.08. The van der Waals surface area contributed by atoms with Crippen molar-refractivity contribution < 1.29 is 19.1 Å². The summed E-state index contributed by atoms with van der Waals surface area (Å²) < 4.78 is 4.96. The van der Waals surface area contributed by atoms with Crippen molar-refractivity contribution in [3.63, 3.8) is 0 Å². The van der Waals surface area contributed by atoms with Gasteiger partial charge in [0.25, 0.3) is 0 Å². The normalized spacial score (nSPS) is 16.6. The van der Waals surface area contributed by atoms with E-state index in [2.05, 4.69) is 10.6 Å². The minimum absolute atomic E-state index is 0.121. The summed E-state index contributed by atoms with van der Waals surface area (Å²) in [7, 11) is 2.80. The second-order valence-electron chi connectivity index (χ2n) is 5.89. The number of imide groups is 1. The van der Waals surface area contributed by atoms with Crippen LogP contribution in [0.2, 0.25) is 5.02 Å². The first-order valence-electron chi connectivity index (χ1n) is 8.26. The summed E-state index contributed by atoms with van der Waals surface area (Å²) in [5.74, 6) is -0.739. The number of methoxy groups -OCH3 is 1. The third kappa shape index (κ3) is 5.17. The third-order valence-corrected chi connectivity index (χ3v) is 4.59. The van der Waals surface area contributed by atoms with Crippen molar-refractivity contribution in [2.45, 2.75) is 6.04 Å². The zero-order chi connectivity index (χ0) is 19.1. The second-order valence-corrected chi connectivity index (χ2v) is 6.29. The van der Waals surface area contributed by atoms with Crippen molar-refractivity contribution in [2.24, 2.45) is 0 Å². The molecule has 142 valence electrons. The molecule has 0 saturated carbocycles. The number of nitrogens with one attached hydrogen (secondary N) is 2. The number of nitrogens with zero attached hydrogens (tertiary/aromatic N) is 2. The molecule has 1 aliphatic heterocycles. The SMILES string of the molecule is CNC(=O)NC(=O)CN1CCN([C@@H](C(=O)OC)c2ccccc2Cl)CC1. The van der Waals surface area contributed by atoms with Crippen molar-refractivity contribution in [2.75, 3.05) is 46.9 Å². The van der Waals surface area contributed by atoms with Gasteiger partial charge in [-0.25, -0.2) is 9.59 Å². The van der Waals surface area contributed by atoms with Crippen molar-refractivity contribution in [1.82, 2.24) is 20.4 Å². The lowest BCUT2D eigenvalue weighted by Crippen LogP contribution is -2.52. The Bertz CT molecular complexity index is 662. The number of carbonyl (C=O) groups excluding carboxylic acids is 3. The number of amides is 3. The lowest BCUT2D eigenvalue weighted by atomic mass is 10.0. The van der Waals surface area contributed by atoms with E-state index in [0.29, 0.717) is 36.8 Å². The molecule has 8 nitrogen and oxygen atoms in total. The molecule has 1 aliphatic rings. The molecule has 0 radical (unpaired) electrons. The quantitative estimate of drug-likeness (QED) is 0.726. The molecule has 0 unspecified atom stereocenters. The van der Waals surface area contributed by atoms with E-state index in [-0.39, 0.29) is 18.4 Å². The number of esters is 1. The van der Waals surface area contributed by atoms with E-state index in [9.17, 15) is 14.4 Å². The molecule has 26 heavy (non-hydrogen) atoms. The Morgan fingerprint density at radius 1 is 1.19 bits per heavy atom. The number of benzene rings is 1. The van der Waals surface area contributed by atoms with Gasteiger partial charge < -0.3 is 10.1 Å². The van der Waals surface area contributed by atoms with Gasteiger partial charge in [0.1, 0.15) is 6.04 Å². The van der Waals surface area contributed by atoms with Crippen molar-refractivity contribution in [1.29, 1.82) is 0 Å². The summed E-state index contributed by atoms with van der Waals surface area (Å²) in [5.41, 5.74) is 0.701. The maximum Gasteiger partial charge on any atom is 0.327 e. The van der Waals surface area contributed by atoms with E-state index in [1.54, 1.807) is 6.07 Å². The Kier molecular flexibility index (Phi) is 7.38. The predicted octanol–water partition coefficient (Wildman–Crippen LogP) is 0.627.